The largest absolute Gasteiger partial charge is 0.470 e. The number of phosphoric ester groups is 1. The second-order valence-electron chi connectivity index (χ2n) is 10.1. The van der Waals surface area contributed by atoms with Crippen molar-refractivity contribution in [3.8, 4) is 0 Å². The van der Waals surface area contributed by atoms with E-state index in [1.165, 1.54) is 77.0 Å². The molecule has 0 heterocycles. The molecule has 1 atom stereocenters. The molecule has 0 aliphatic heterocycles. The van der Waals surface area contributed by atoms with Gasteiger partial charge in [-0.1, -0.05) is 95.4 Å². The number of quaternary nitrogens is 1. The summed E-state index contributed by atoms with van der Waals surface area (Å²) in [6.07, 6.45) is 28.3. The third-order valence-electron chi connectivity index (χ3n) is 5.50. The van der Waals surface area contributed by atoms with Gasteiger partial charge in [0.15, 0.2) is 0 Å². The van der Waals surface area contributed by atoms with E-state index in [1.54, 1.807) is 0 Å². The first-order valence-corrected chi connectivity index (χ1v) is 14.5. The number of rotatable bonds is 22. The first-order chi connectivity index (χ1) is 15.1. The Kier molecular flexibility index (Phi) is 19.7. The number of phosphoric acid groups is 1. The fourth-order valence-electron chi connectivity index (χ4n) is 3.85. The van der Waals surface area contributed by atoms with Crippen LogP contribution in [0.1, 0.15) is 110 Å². The molecule has 0 aliphatic carbocycles. The Morgan fingerprint density at radius 1 is 0.719 bits per heavy atom. The molecule has 0 bridgehead atoms. The highest BCUT2D eigenvalue weighted by atomic mass is 31.2. The van der Waals surface area contributed by atoms with Crippen LogP contribution in [-0.4, -0.2) is 48.1 Å². The molecular formula is C26H53NO4P+. The molecule has 0 aliphatic rings. The van der Waals surface area contributed by atoms with Gasteiger partial charge in [-0.3, -0.25) is 4.52 Å². The summed E-state index contributed by atoms with van der Waals surface area (Å²) in [6, 6.07) is 0. The Bertz CT molecular complexity index is 522. The zero-order chi connectivity index (χ0) is 24.1. The number of hydrogen-bond acceptors (Lipinski definition) is 2. The number of hydrogen-bond donors (Lipinski definition) is 2. The van der Waals surface area contributed by atoms with Gasteiger partial charge in [-0.05, 0) is 38.5 Å². The van der Waals surface area contributed by atoms with Crippen LogP contribution >= 0.6 is 7.82 Å². The van der Waals surface area contributed by atoms with Crippen LogP contribution in [0, 0.1) is 0 Å². The Balaban J connectivity index is 3.64. The molecule has 0 aromatic rings. The molecule has 0 fully saturated rings. The summed E-state index contributed by atoms with van der Waals surface area (Å²) in [7, 11) is 1.54. The molecule has 0 amide bonds. The van der Waals surface area contributed by atoms with E-state index in [-0.39, 0.29) is 0 Å². The second kappa shape index (κ2) is 20.0. The molecule has 32 heavy (non-hydrogen) atoms. The van der Waals surface area contributed by atoms with Crippen molar-refractivity contribution < 1.29 is 23.4 Å². The predicted molar refractivity (Wildman–Crippen MR) is 138 cm³/mol. The van der Waals surface area contributed by atoms with Gasteiger partial charge in [0.25, 0.3) is 0 Å². The lowest BCUT2D eigenvalue weighted by Gasteiger charge is -2.29. The number of nitrogens with zero attached hydrogens (tertiary/aromatic N) is 1. The molecule has 1 unspecified atom stereocenters. The fourth-order valence-corrected chi connectivity index (χ4v) is 4.42. The molecule has 5 nitrogen and oxygen atoms in total. The molecule has 190 valence electrons. The van der Waals surface area contributed by atoms with Gasteiger partial charge in [-0.25, -0.2) is 4.57 Å². The van der Waals surface area contributed by atoms with Crippen molar-refractivity contribution in [2.24, 2.45) is 0 Å². The van der Waals surface area contributed by atoms with Crippen LogP contribution in [0.3, 0.4) is 0 Å². The quantitative estimate of drug-likeness (QED) is 0.0736. The molecule has 0 aromatic carbocycles. The van der Waals surface area contributed by atoms with E-state index < -0.39 is 13.9 Å². The van der Waals surface area contributed by atoms with Crippen molar-refractivity contribution in [3.63, 3.8) is 0 Å². The molecule has 0 saturated carbocycles. The van der Waals surface area contributed by atoms with Gasteiger partial charge in [0.05, 0.1) is 21.1 Å². The van der Waals surface area contributed by atoms with Crippen LogP contribution in [0.4, 0.5) is 0 Å². The van der Waals surface area contributed by atoms with Crippen LogP contribution < -0.4 is 0 Å². The monoisotopic (exact) mass is 474 g/mol. The lowest BCUT2D eigenvalue weighted by molar-refractivity contribution is -0.873. The zero-order valence-electron chi connectivity index (χ0n) is 21.5. The summed E-state index contributed by atoms with van der Waals surface area (Å²) >= 11 is 0. The normalized spacial score (nSPS) is 14.1. The molecule has 0 spiro atoms. The topological polar surface area (TPSA) is 66.8 Å². The maximum atomic E-state index is 11.2. The Hall–Kier alpha value is -0.450. The minimum absolute atomic E-state index is 0.439. The highest BCUT2D eigenvalue weighted by molar-refractivity contribution is 7.46. The summed E-state index contributed by atoms with van der Waals surface area (Å²) < 4.78 is 16.7. The average Bonchev–Trinajstić information content (AvgIpc) is 2.67. The molecule has 2 N–H and O–H groups in total. The van der Waals surface area contributed by atoms with E-state index in [0.29, 0.717) is 17.4 Å². The van der Waals surface area contributed by atoms with Crippen LogP contribution in [0.25, 0.3) is 0 Å². The SMILES string of the molecule is CCCCCCCCCCCCC/C=C\CC/C=C\CCC(C[N+](C)(C)C)OP(=O)(O)O. The van der Waals surface area contributed by atoms with Crippen molar-refractivity contribution in [1.29, 1.82) is 0 Å². The molecule has 6 heteroatoms. The molecular weight excluding hydrogens is 421 g/mol. The highest BCUT2D eigenvalue weighted by Gasteiger charge is 2.26. The smallest absolute Gasteiger partial charge is 0.329 e. The van der Waals surface area contributed by atoms with Crippen LogP contribution in [0.5, 0.6) is 0 Å². The molecule has 0 saturated heterocycles. The molecule has 0 radical (unpaired) electrons. The maximum Gasteiger partial charge on any atom is 0.470 e. The minimum Gasteiger partial charge on any atom is -0.329 e. The van der Waals surface area contributed by atoms with E-state index in [2.05, 4.69) is 31.2 Å². The fraction of sp³-hybridized carbons (Fsp3) is 0.846. The summed E-state index contributed by atoms with van der Waals surface area (Å²) in [6.45, 7) is 2.84. The van der Waals surface area contributed by atoms with E-state index >= 15 is 0 Å². The average molecular weight is 475 g/mol. The van der Waals surface area contributed by atoms with Crippen LogP contribution in [0.2, 0.25) is 0 Å². The van der Waals surface area contributed by atoms with E-state index in [4.69, 9.17) is 14.3 Å². The molecule has 0 rings (SSSR count). The summed E-state index contributed by atoms with van der Waals surface area (Å²) in [5.74, 6) is 0. The Morgan fingerprint density at radius 3 is 1.62 bits per heavy atom. The van der Waals surface area contributed by atoms with Gasteiger partial charge in [0.2, 0.25) is 0 Å². The summed E-state index contributed by atoms with van der Waals surface area (Å²) in [5, 5.41) is 0. The lowest BCUT2D eigenvalue weighted by Crippen LogP contribution is -2.42. The van der Waals surface area contributed by atoms with Crippen LogP contribution in [-0.2, 0) is 9.09 Å². The molecule has 0 aromatic heterocycles. The highest BCUT2D eigenvalue weighted by Crippen LogP contribution is 2.38. The van der Waals surface area contributed by atoms with E-state index in [0.717, 1.165) is 19.3 Å². The zero-order valence-corrected chi connectivity index (χ0v) is 22.4. The number of allylic oxidation sites excluding steroid dienone is 4. The Labute approximate surface area is 199 Å². The maximum absolute atomic E-state index is 11.2. The summed E-state index contributed by atoms with van der Waals surface area (Å²) in [4.78, 5) is 18.2. The van der Waals surface area contributed by atoms with Gasteiger partial charge in [-0.2, -0.15) is 0 Å². The van der Waals surface area contributed by atoms with Gasteiger partial charge in [-0.15, -0.1) is 0 Å². The number of likely N-dealkylation sites (N-methyl/N-ethyl adjacent to an activating group) is 1. The van der Waals surface area contributed by atoms with Crippen molar-refractivity contribution in [2.75, 3.05) is 27.7 Å². The van der Waals surface area contributed by atoms with Crippen molar-refractivity contribution in [3.05, 3.63) is 24.3 Å². The second-order valence-corrected chi connectivity index (χ2v) is 11.3. The van der Waals surface area contributed by atoms with Gasteiger partial charge in [0.1, 0.15) is 12.6 Å². The standard InChI is InChI=1S/C26H52NO4P/c1-5-6-7-8-9-10-11-12-13-14-15-16-17-18-19-20-21-22-23-24-26(25-27(2,3)4)31-32(28,29)30/h17-18,21-22,26H,5-16,19-20,23-25H2,1-4H3,(H-,28,29,30)/p+1/b18-17-,22-21-. The minimum atomic E-state index is -4.45. The first-order valence-electron chi connectivity index (χ1n) is 13.0. The first kappa shape index (κ1) is 31.6. The van der Waals surface area contributed by atoms with E-state index in [1.807, 2.05) is 21.1 Å². The third kappa shape index (κ3) is 25.8. The third-order valence-corrected chi connectivity index (χ3v) is 6.07. The van der Waals surface area contributed by atoms with Crippen molar-refractivity contribution >= 4 is 7.82 Å². The van der Waals surface area contributed by atoms with Gasteiger partial charge in [0, 0.05) is 0 Å². The van der Waals surface area contributed by atoms with Crippen molar-refractivity contribution in [2.45, 2.75) is 116 Å². The van der Waals surface area contributed by atoms with Crippen molar-refractivity contribution in [1.82, 2.24) is 0 Å². The lowest BCUT2D eigenvalue weighted by atomic mass is 10.1. The number of unbranched alkanes of at least 4 members (excludes halogenated alkanes) is 12. The van der Waals surface area contributed by atoms with Crippen LogP contribution in [0.15, 0.2) is 24.3 Å². The van der Waals surface area contributed by atoms with E-state index in [9.17, 15) is 4.57 Å². The predicted octanol–water partition coefficient (Wildman–Crippen LogP) is 7.54. The summed E-state index contributed by atoms with van der Waals surface area (Å²) in [5.41, 5.74) is 0. The van der Waals surface area contributed by atoms with Gasteiger partial charge < -0.3 is 14.3 Å². The van der Waals surface area contributed by atoms with Gasteiger partial charge >= 0.3 is 7.82 Å². The Morgan fingerprint density at radius 2 is 1.16 bits per heavy atom.